The Morgan fingerprint density at radius 1 is 1.20 bits per heavy atom. The minimum Gasteiger partial charge on any atom is -0.459 e. The molecule has 2 rings (SSSR count). The van der Waals surface area contributed by atoms with Crippen LogP contribution < -0.4 is 5.32 Å². The van der Waals surface area contributed by atoms with Crippen LogP contribution in [0.25, 0.3) is 0 Å². The Labute approximate surface area is 119 Å². The van der Waals surface area contributed by atoms with Crippen LogP contribution in [0.1, 0.15) is 54.9 Å². The third-order valence-corrected chi connectivity index (χ3v) is 3.61. The fourth-order valence-electron chi connectivity index (χ4n) is 2.48. The highest BCUT2D eigenvalue weighted by molar-refractivity contribution is 5.94. The smallest absolute Gasteiger partial charge is 0.338 e. The Morgan fingerprint density at radius 3 is 2.55 bits per heavy atom. The van der Waals surface area contributed by atoms with Crippen LogP contribution in [0.15, 0.2) is 18.2 Å². The molecule has 1 saturated carbocycles. The first-order chi connectivity index (χ1) is 9.56. The first kappa shape index (κ1) is 14.6. The van der Waals surface area contributed by atoms with Crippen molar-refractivity contribution in [2.75, 3.05) is 5.32 Å². The monoisotopic (exact) mass is 275 g/mol. The molecule has 0 unspecified atom stereocenters. The Kier molecular flexibility index (Phi) is 4.77. The number of ether oxygens (including phenoxy) is 1. The average molecular weight is 275 g/mol. The molecule has 1 aliphatic carbocycles. The van der Waals surface area contributed by atoms with E-state index in [1.54, 1.807) is 12.1 Å². The molecule has 1 fully saturated rings. The molecular formula is C16H21NO3. The van der Waals surface area contributed by atoms with Crippen molar-refractivity contribution in [2.45, 2.75) is 52.1 Å². The summed E-state index contributed by atoms with van der Waals surface area (Å²) in [7, 11) is 0. The van der Waals surface area contributed by atoms with Crippen LogP contribution in [0.2, 0.25) is 0 Å². The molecule has 1 aliphatic rings. The molecule has 4 nitrogen and oxygen atoms in total. The lowest BCUT2D eigenvalue weighted by molar-refractivity contribution is -0.114. The molecule has 20 heavy (non-hydrogen) atoms. The summed E-state index contributed by atoms with van der Waals surface area (Å²) in [5.74, 6) is -0.450. The molecular weight excluding hydrogens is 254 g/mol. The topological polar surface area (TPSA) is 55.4 Å². The first-order valence-electron chi connectivity index (χ1n) is 7.15. The molecule has 1 aromatic carbocycles. The third kappa shape index (κ3) is 3.83. The van der Waals surface area contributed by atoms with Crippen LogP contribution in [0, 0.1) is 6.92 Å². The number of amides is 1. The summed E-state index contributed by atoms with van der Waals surface area (Å²) in [4.78, 5) is 23.3. The Hall–Kier alpha value is -1.84. The van der Waals surface area contributed by atoms with Crippen LogP contribution in [-0.4, -0.2) is 18.0 Å². The highest BCUT2D eigenvalue weighted by Gasteiger charge is 2.19. The van der Waals surface area contributed by atoms with Gasteiger partial charge in [0.2, 0.25) is 5.91 Å². The molecule has 0 spiro atoms. The number of nitrogens with one attached hydrogen (secondary N) is 1. The van der Waals surface area contributed by atoms with E-state index < -0.39 is 0 Å². The second-order valence-corrected chi connectivity index (χ2v) is 5.38. The van der Waals surface area contributed by atoms with Gasteiger partial charge < -0.3 is 10.1 Å². The number of rotatable bonds is 3. The van der Waals surface area contributed by atoms with Crippen molar-refractivity contribution in [2.24, 2.45) is 0 Å². The molecule has 0 heterocycles. The van der Waals surface area contributed by atoms with Gasteiger partial charge in [0.1, 0.15) is 6.10 Å². The predicted octanol–water partition coefficient (Wildman–Crippen LogP) is 3.44. The SMILES string of the molecule is CC(=O)Nc1cc(C(=O)OC2CCCCC2)ccc1C. The molecule has 1 amide bonds. The minimum atomic E-state index is -0.302. The van der Waals surface area contributed by atoms with Gasteiger partial charge in [-0.15, -0.1) is 0 Å². The number of carbonyl (C=O) groups is 2. The normalized spacial score (nSPS) is 15.7. The molecule has 0 radical (unpaired) electrons. The number of benzene rings is 1. The Bertz CT molecular complexity index is 504. The standard InChI is InChI=1S/C16H21NO3/c1-11-8-9-13(10-15(11)17-12(2)18)16(19)20-14-6-4-3-5-7-14/h8-10,14H,3-7H2,1-2H3,(H,17,18). The zero-order valence-electron chi connectivity index (χ0n) is 12.1. The van der Waals surface area contributed by atoms with E-state index in [9.17, 15) is 9.59 Å². The fraction of sp³-hybridized carbons (Fsp3) is 0.500. The molecule has 108 valence electrons. The molecule has 1 N–H and O–H groups in total. The third-order valence-electron chi connectivity index (χ3n) is 3.61. The van der Waals surface area contributed by atoms with E-state index in [4.69, 9.17) is 4.74 Å². The van der Waals surface area contributed by atoms with Gasteiger partial charge in [-0.3, -0.25) is 4.79 Å². The molecule has 0 aromatic heterocycles. The maximum atomic E-state index is 12.1. The second kappa shape index (κ2) is 6.55. The number of hydrogen-bond acceptors (Lipinski definition) is 3. The molecule has 4 heteroatoms. The summed E-state index contributed by atoms with van der Waals surface area (Å²) in [6.07, 6.45) is 5.44. The fourth-order valence-corrected chi connectivity index (χ4v) is 2.48. The lowest BCUT2D eigenvalue weighted by Crippen LogP contribution is -2.21. The second-order valence-electron chi connectivity index (χ2n) is 5.38. The zero-order chi connectivity index (χ0) is 14.5. The van der Waals surface area contributed by atoms with Crippen LogP contribution >= 0.6 is 0 Å². The van der Waals surface area contributed by atoms with E-state index in [1.807, 2.05) is 13.0 Å². The average Bonchev–Trinajstić information content (AvgIpc) is 2.42. The first-order valence-corrected chi connectivity index (χ1v) is 7.15. The highest BCUT2D eigenvalue weighted by atomic mass is 16.5. The summed E-state index contributed by atoms with van der Waals surface area (Å²) in [5, 5.41) is 2.73. The van der Waals surface area contributed by atoms with E-state index in [-0.39, 0.29) is 18.0 Å². The van der Waals surface area contributed by atoms with E-state index in [0.717, 1.165) is 31.2 Å². The van der Waals surface area contributed by atoms with Gasteiger partial charge in [0, 0.05) is 12.6 Å². The van der Waals surface area contributed by atoms with Gasteiger partial charge in [-0.2, -0.15) is 0 Å². The molecule has 0 bridgehead atoms. The van der Waals surface area contributed by atoms with Gasteiger partial charge in [-0.1, -0.05) is 12.5 Å². The zero-order valence-corrected chi connectivity index (χ0v) is 12.1. The number of aryl methyl sites for hydroxylation is 1. The summed E-state index contributed by atoms with van der Waals surface area (Å²) in [6.45, 7) is 3.34. The van der Waals surface area contributed by atoms with Gasteiger partial charge in [-0.25, -0.2) is 4.79 Å². The molecule has 0 saturated heterocycles. The van der Waals surface area contributed by atoms with Crippen molar-refractivity contribution in [1.29, 1.82) is 0 Å². The summed E-state index contributed by atoms with van der Waals surface area (Å²) in [6, 6.07) is 5.25. The van der Waals surface area contributed by atoms with Gasteiger partial charge in [0.25, 0.3) is 0 Å². The molecule has 0 atom stereocenters. The number of hydrogen-bond donors (Lipinski definition) is 1. The molecule has 1 aromatic rings. The largest absolute Gasteiger partial charge is 0.459 e. The van der Waals surface area contributed by atoms with Crippen LogP contribution in [0.5, 0.6) is 0 Å². The summed E-state index contributed by atoms with van der Waals surface area (Å²) < 4.78 is 5.53. The lowest BCUT2D eigenvalue weighted by Gasteiger charge is -2.22. The van der Waals surface area contributed by atoms with Gasteiger partial charge in [0.15, 0.2) is 0 Å². The van der Waals surface area contributed by atoms with Crippen molar-refractivity contribution in [3.63, 3.8) is 0 Å². The van der Waals surface area contributed by atoms with E-state index in [1.165, 1.54) is 13.3 Å². The molecule has 0 aliphatic heterocycles. The van der Waals surface area contributed by atoms with E-state index >= 15 is 0 Å². The van der Waals surface area contributed by atoms with Crippen LogP contribution in [0.4, 0.5) is 5.69 Å². The number of esters is 1. The van der Waals surface area contributed by atoms with Gasteiger partial charge in [0.05, 0.1) is 5.56 Å². The summed E-state index contributed by atoms with van der Waals surface area (Å²) >= 11 is 0. The van der Waals surface area contributed by atoms with E-state index in [0.29, 0.717) is 11.3 Å². The minimum absolute atomic E-state index is 0.0433. The predicted molar refractivity (Wildman–Crippen MR) is 77.8 cm³/mol. The van der Waals surface area contributed by atoms with E-state index in [2.05, 4.69) is 5.32 Å². The van der Waals surface area contributed by atoms with Crippen molar-refractivity contribution in [1.82, 2.24) is 0 Å². The highest BCUT2D eigenvalue weighted by Crippen LogP contribution is 2.23. The maximum absolute atomic E-state index is 12.1. The maximum Gasteiger partial charge on any atom is 0.338 e. The van der Waals surface area contributed by atoms with Crippen molar-refractivity contribution < 1.29 is 14.3 Å². The number of carbonyl (C=O) groups excluding carboxylic acids is 2. The Morgan fingerprint density at radius 2 is 1.90 bits per heavy atom. The van der Waals surface area contributed by atoms with Crippen LogP contribution in [-0.2, 0) is 9.53 Å². The summed E-state index contributed by atoms with van der Waals surface area (Å²) in [5.41, 5.74) is 2.08. The van der Waals surface area contributed by atoms with Crippen LogP contribution in [0.3, 0.4) is 0 Å². The van der Waals surface area contributed by atoms with Crippen molar-refractivity contribution >= 4 is 17.6 Å². The van der Waals surface area contributed by atoms with Gasteiger partial charge >= 0.3 is 5.97 Å². The Balaban J connectivity index is 2.07. The lowest BCUT2D eigenvalue weighted by atomic mass is 9.98. The number of anilines is 1. The quantitative estimate of drug-likeness (QED) is 0.860. The van der Waals surface area contributed by atoms with Crippen molar-refractivity contribution in [3.8, 4) is 0 Å². The van der Waals surface area contributed by atoms with Crippen molar-refractivity contribution in [3.05, 3.63) is 29.3 Å². The van der Waals surface area contributed by atoms with Gasteiger partial charge in [-0.05, 0) is 50.3 Å².